The van der Waals surface area contributed by atoms with Gasteiger partial charge in [0.2, 0.25) is 0 Å². The van der Waals surface area contributed by atoms with Crippen molar-refractivity contribution in [2.45, 2.75) is 38.6 Å². The Kier molecular flexibility index (Phi) is 4.22. The lowest BCUT2D eigenvalue weighted by Gasteiger charge is -2.22. The summed E-state index contributed by atoms with van der Waals surface area (Å²) in [6.07, 6.45) is 5.99. The van der Waals surface area contributed by atoms with Crippen molar-refractivity contribution >= 4 is 5.97 Å². The summed E-state index contributed by atoms with van der Waals surface area (Å²) in [6, 6.07) is 7.73. The highest BCUT2D eigenvalue weighted by Gasteiger charge is 2.19. The quantitative estimate of drug-likeness (QED) is 0.929. The van der Waals surface area contributed by atoms with Crippen LogP contribution < -0.4 is 0 Å². The molecule has 0 spiro atoms. The Morgan fingerprint density at radius 3 is 2.73 bits per heavy atom. The van der Waals surface area contributed by atoms with Crippen molar-refractivity contribution in [2.24, 2.45) is 5.92 Å². The number of hydrogen-bond acceptors (Lipinski definition) is 2. The van der Waals surface area contributed by atoms with Crippen LogP contribution in [0.2, 0.25) is 0 Å². The highest BCUT2D eigenvalue weighted by atomic mass is 19.1. The largest absolute Gasteiger partial charge is 0.476 e. The van der Waals surface area contributed by atoms with E-state index in [0.717, 1.165) is 12.8 Å². The SMILES string of the molecule is O=C(O)c1cc(-c2cccc(F)c2)n(CC2CCCCC2)n1. The second kappa shape index (κ2) is 6.30. The van der Waals surface area contributed by atoms with E-state index in [4.69, 9.17) is 0 Å². The average Bonchev–Trinajstić information content (AvgIpc) is 2.92. The first-order valence-corrected chi connectivity index (χ1v) is 7.70. The predicted molar refractivity (Wildman–Crippen MR) is 81.2 cm³/mol. The Hall–Kier alpha value is -2.17. The lowest BCUT2D eigenvalue weighted by Crippen LogP contribution is -2.16. The van der Waals surface area contributed by atoms with Gasteiger partial charge < -0.3 is 5.11 Å². The molecule has 1 aromatic carbocycles. The van der Waals surface area contributed by atoms with Crippen LogP contribution in [0.15, 0.2) is 30.3 Å². The van der Waals surface area contributed by atoms with Gasteiger partial charge in [0.1, 0.15) is 5.82 Å². The van der Waals surface area contributed by atoms with E-state index >= 15 is 0 Å². The molecule has 2 aromatic rings. The number of aromatic carboxylic acids is 1. The zero-order chi connectivity index (χ0) is 15.5. The monoisotopic (exact) mass is 302 g/mol. The summed E-state index contributed by atoms with van der Waals surface area (Å²) in [4.78, 5) is 11.2. The normalized spacial score (nSPS) is 15.9. The summed E-state index contributed by atoms with van der Waals surface area (Å²) in [5.74, 6) is -0.873. The molecule has 1 aromatic heterocycles. The van der Waals surface area contributed by atoms with Crippen molar-refractivity contribution in [3.05, 3.63) is 41.8 Å². The predicted octanol–water partition coefficient (Wildman–Crippen LogP) is 3.97. The molecular formula is C17H19FN2O2. The smallest absolute Gasteiger partial charge is 0.356 e. The van der Waals surface area contributed by atoms with Gasteiger partial charge in [-0.25, -0.2) is 9.18 Å². The number of carboxylic acid groups (broad SMARTS) is 1. The van der Waals surface area contributed by atoms with Gasteiger partial charge in [0, 0.05) is 12.1 Å². The third-order valence-electron chi connectivity index (χ3n) is 4.28. The fourth-order valence-corrected chi connectivity index (χ4v) is 3.15. The standard InChI is InChI=1S/C17H19FN2O2/c18-14-8-4-7-13(9-14)16-10-15(17(21)22)19-20(16)11-12-5-2-1-3-6-12/h4,7-10,12H,1-3,5-6,11H2,(H,21,22). The van der Waals surface area contributed by atoms with Gasteiger partial charge in [-0.3, -0.25) is 4.68 Å². The Labute approximate surface area is 128 Å². The van der Waals surface area contributed by atoms with Gasteiger partial charge >= 0.3 is 5.97 Å². The van der Waals surface area contributed by atoms with E-state index in [1.807, 2.05) is 0 Å². The molecule has 0 atom stereocenters. The Morgan fingerprint density at radius 1 is 1.27 bits per heavy atom. The molecule has 1 saturated carbocycles. The third kappa shape index (κ3) is 3.18. The van der Waals surface area contributed by atoms with Crippen molar-refractivity contribution < 1.29 is 14.3 Å². The highest BCUT2D eigenvalue weighted by molar-refractivity contribution is 5.87. The van der Waals surface area contributed by atoms with Gasteiger partial charge in [-0.2, -0.15) is 5.10 Å². The molecule has 0 amide bonds. The first-order valence-electron chi connectivity index (χ1n) is 7.70. The average molecular weight is 302 g/mol. The topological polar surface area (TPSA) is 55.1 Å². The molecule has 1 heterocycles. The summed E-state index contributed by atoms with van der Waals surface area (Å²) in [5.41, 5.74) is 1.34. The molecule has 4 nitrogen and oxygen atoms in total. The van der Waals surface area contributed by atoms with Gasteiger partial charge in [0.05, 0.1) is 5.69 Å². The van der Waals surface area contributed by atoms with Crippen molar-refractivity contribution in [3.63, 3.8) is 0 Å². The van der Waals surface area contributed by atoms with Crippen LogP contribution in [0.25, 0.3) is 11.3 Å². The molecule has 1 aliphatic carbocycles. The lowest BCUT2D eigenvalue weighted by atomic mass is 9.89. The van der Waals surface area contributed by atoms with Gasteiger partial charge in [-0.15, -0.1) is 0 Å². The Bertz CT molecular complexity index is 675. The fraction of sp³-hybridized carbons (Fsp3) is 0.412. The second-order valence-electron chi connectivity index (χ2n) is 5.92. The summed E-state index contributed by atoms with van der Waals surface area (Å²) >= 11 is 0. The van der Waals surface area contributed by atoms with Crippen LogP contribution >= 0.6 is 0 Å². The first-order chi connectivity index (χ1) is 10.6. The van der Waals surface area contributed by atoms with Crippen molar-refractivity contribution in [1.29, 1.82) is 0 Å². The molecule has 0 bridgehead atoms. The van der Waals surface area contributed by atoms with E-state index in [9.17, 15) is 14.3 Å². The molecule has 3 rings (SSSR count). The summed E-state index contributed by atoms with van der Waals surface area (Å²) in [5, 5.41) is 13.4. The van der Waals surface area contributed by atoms with Crippen molar-refractivity contribution in [1.82, 2.24) is 9.78 Å². The van der Waals surface area contributed by atoms with Crippen LogP contribution in [0, 0.1) is 11.7 Å². The molecule has 1 N–H and O–H groups in total. The number of aromatic nitrogens is 2. The number of benzene rings is 1. The zero-order valence-electron chi connectivity index (χ0n) is 12.3. The van der Waals surface area contributed by atoms with Gasteiger partial charge in [0.25, 0.3) is 0 Å². The minimum Gasteiger partial charge on any atom is -0.476 e. The zero-order valence-corrected chi connectivity index (χ0v) is 12.3. The molecule has 1 fully saturated rings. The highest BCUT2D eigenvalue weighted by Crippen LogP contribution is 2.28. The maximum atomic E-state index is 13.5. The summed E-state index contributed by atoms with van der Waals surface area (Å²) < 4.78 is 15.2. The minimum absolute atomic E-state index is 0.00932. The molecule has 0 radical (unpaired) electrons. The number of carboxylic acids is 1. The van der Waals surface area contributed by atoms with Crippen LogP contribution in [-0.2, 0) is 6.54 Å². The number of nitrogens with zero attached hydrogens (tertiary/aromatic N) is 2. The van der Waals surface area contributed by atoms with E-state index in [-0.39, 0.29) is 11.5 Å². The Morgan fingerprint density at radius 2 is 2.05 bits per heavy atom. The van der Waals surface area contributed by atoms with Crippen LogP contribution in [0.4, 0.5) is 4.39 Å². The minimum atomic E-state index is -1.06. The van der Waals surface area contributed by atoms with Crippen LogP contribution in [0.1, 0.15) is 42.6 Å². The molecule has 5 heteroatoms. The van der Waals surface area contributed by atoms with Crippen molar-refractivity contribution in [2.75, 3.05) is 0 Å². The molecule has 22 heavy (non-hydrogen) atoms. The molecule has 0 unspecified atom stereocenters. The van der Waals surface area contributed by atoms with Gasteiger partial charge in [-0.1, -0.05) is 31.4 Å². The number of halogens is 1. The lowest BCUT2D eigenvalue weighted by molar-refractivity contribution is 0.0689. The number of carbonyl (C=O) groups is 1. The maximum Gasteiger partial charge on any atom is 0.356 e. The summed E-state index contributed by atoms with van der Waals surface area (Å²) in [6.45, 7) is 0.694. The van der Waals surface area contributed by atoms with E-state index < -0.39 is 5.97 Å². The van der Waals surface area contributed by atoms with Crippen LogP contribution in [0.5, 0.6) is 0 Å². The van der Waals surface area contributed by atoms with Crippen LogP contribution in [-0.4, -0.2) is 20.9 Å². The maximum absolute atomic E-state index is 13.5. The number of rotatable bonds is 4. The second-order valence-corrected chi connectivity index (χ2v) is 5.92. The van der Waals surface area contributed by atoms with E-state index in [1.54, 1.807) is 16.8 Å². The number of hydrogen-bond donors (Lipinski definition) is 1. The van der Waals surface area contributed by atoms with Gasteiger partial charge in [-0.05, 0) is 37.0 Å². The summed E-state index contributed by atoms with van der Waals surface area (Å²) in [7, 11) is 0. The molecule has 1 aliphatic rings. The van der Waals surface area contributed by atoms with E-state index in [0.29, 0.717) is 23.7 Å². The molecular weight excluding hydrogens is 283 g/mol. The Balaban J connectivity index is 1.94. The first kappa shape index (κ1) is 14.8. The van der Waals surface area contributed by atoms with Gasteiger partial charge in [0.15, 0.2) is 5.69 Å². The molecule has 116 valence electrons. The van der Waals surface area contributed by atoms with Crippen LogP contribution in [0.3, 0.4) is 0 Å². The molecule has 0 aliphatic heterocycles. The fourth-order valence-electron chi connectivity index (χ4n) is 3.15. The van der Waals surface area contributed by atoms with E-state index in [1.165, 1.54) is 37.5 Å². The molecule has 0 saturated heterocycles. The third-order valence-corrected chi connectivity index (χ3v) is 4.28. The van der Waals surface area contributed by atoms with Crippen molar-refractivity contribution in [3.8, 4) is 11.3 Å². The van der Waals surface area contributed by atoms with E-state index in [2.05, 4.69) is 5.10 Å².